The molecule has 1 aromatic rings. The second kappa shape index (κ2) is 5.09. The molecule has 0 spiro atoms. The van der Waals surface area contributed by atoms with Crippen LogP contribution in [0.25, 0.3) is 0 Å². The van der Waals surface area contributed by atoms with E-state index in [-0.39, 0.29) is 5.60 Å². The molecule has 2 rings (SSSR count). The zero-order valence-electron chi connectivity index (χ0n) is 11.2. The van der Waals surface area contributed by atoms with Crippen molar-refractivity contribution in [3.05, 3.63) is 29.3 Å². The van der Waals surface area contributed by atoms with E-state index in [9.17, 15) is 0 Å². The molecule has 0 radical (unpaired) electrons. The molecule has 0 bridgehead atoms. The van der Waals surface area contributed by atoms with Crippen molar-refractivity contribution in [1.82, 2.24) is 0 Å². The molecular formula is C15H23NO. The fourth-order valence-electron chi connectivity index (χ4n) is 2.29. The maximum absolute atomic E-state index is 5.41. The summed E-state index contributed by atoms with van der Waals surface area (Å²) in [6.07, 6.45) is 4.83. The second-order valence-electron chi connectivity index (χ2n) is 5.48. The summed E-state index contributed by atoms with van der Waals surface area (Å²) in [6, 6.07) is 6.78. The number of hydrogen-bond acceptors (Lipinski definition) is 2. The molecule has 1 aliphatic carbocycles. The zero-order valence-corrected chi connectivity index (χ0v) is 11.2. The van der Waals surface area contributed by atoms with E-state index >= 15 is 0 Å². The van der Waals surface area contributed by atoms with Crippen LogP contribution >= 0.6 is 0 Å². The van der Waals surface area contributed by atoms with Crippen molar-refractivity contribution in [1.29, 1.82) is 0 Å². The number of nitrogens with one attached hydrogen (secondary N) is 1. The molecule has 0 unspecified atom stereocenters. The molecule has 17 heavy (non-hydrogen) atoms. The number of hydrogen-bond donors (Lipinski definition) is 1. The average molecular weight is 233 g/mol. The Kier molecular flexibility index (Phi) is 3.72. The van der Waals surface area contributed by atoms with Crippen LogP contribution in [-0.2, 0) is 17.6 Å². The van der Waals surface area contributed by atoms with Crippen molar-refractivity contribution in [2.24, 2.45) is 0 Å². The van der Waals surface area contributed by atoms with E-state index < -0.39 is 0 Å². The third-order valence-electron chi connectivity index (χ3n) is 3.71. The molecule has 0 heterocycles. The number of ether oxygens (including phenoxy) is 1. The van der Waals surface area contributed by atoms with E-state index in [1.54, 1.807) is 7.11 Å². The Morgan fingerprint density at radius 2 is 2.00 bits per heavy atom. The Bertz CT molecular complexity index is 385. The Labute approximate surface area is 104 Å². The maximum atomic E-state index is 5.41. The van der Waals surface area contributed by atoms with Crippen LogP contribution in [0, 0.1) is 0 Å². The van der Waals surface area contributed by atoms with Gasteiger partial charge in [0.2, 0.25) is 0 Å². The molecule has 1 aromatic carbocycles. The van der Waals surface area contributed by atoms with Crippen LogP contribution in [0.2, 0.25) is 0 Å². The summed E-state index contributed by atoms with van der Waals surface area (Å²) in [5.74, 6) is 0. The first-order chi connectivity index (χ1) is 8.11. The third-order valence-corrected chi connectivity index (χ3v) is 3.71. The molecule has 0 atom stereocenters. The average Bonchev–Trinajstić information content (AvgIpc) is 2.76. The number of benzene rings is 1. The lowest BCUT2D eigenvalue weighted by Crippen LogP contribution is -2.25. The molecule has 0 saturated heterocycles. The molecule has 1 N–H and O–H groups in total. The van der Waals surface area contributed by atoms with Gasteiger partial charge in [0.05, 0.1) is 5.60 Å². The highest BCUT2D eigenvalue weighted by molar-refractivity contribution is 5.50. The molecule has 0 fully saturated rings. The van der Waals surface area contributed by atoms with Crippen molar-refractivity contribution in [2.75, 3.05) is 19.0 Å². The van der Waals surface area contributed by atoms with Gasteiger partial charge in [-0.2, -0.15) is 0 Å². The zero-order chi connectivity index (χ0) is 12.3. The highest BCUT2D eigenvalue weighted by Crippen LogP contribution is 2.25. The number of rotatable bonds is 5. The Morgan fingerprint density at radius 3 is 2.76 bits per heavy atom. The summed E-state index contributed by atoms with van der Waals surface area (Å²) in [6.45, 7) is 5.20. The minimum absolute atomic E-state index is 0.0380. The summed E-state index contributed by atoms with van der Waals surface area (Å²) >= 11 is 0. The van der Waals surface area contributed by atoms with Crippen LogP contribution in [0.4, 0.5) is 5.69 Å². The van der Waals surface area contributed by atoms with Crippen molar-refractivity contribution in [3.63, 3.8) is 0 Å². The molecule has 1 aliphatic rings. The molecule has 2 heteroatoms. The van der Waals surface area contributed by atoms with Crippen LogP contribution in [-0.4, -0.2) is 19.3 Å². The van der Waals surface area contributed by atoms with Crippen LogP contribution in [0.3, 0.4) is 0 Å². The predicted molar refractivity (Wildman–Crippen MR) is 72.7 cm³/mol. The highest BCUT2D eigenvalue weighted by Gasteiger charge is 2.15. The minimum Gasteiger partial charge on any atom is -0.385 e. The van der Waals surface area contributed by atoms with Crippen LogP contribution in [0.15, 0.2) is 18.2 Å². The van der Waals surface area contributed by atoms with E-state index in [4.69, 9.17) is 4.74 Å². The molecule has 0 saturated carbocycles. The molecular weight excluding hydrogens is 210 g/mol. The first-order valence-electron chi connectivity index (χ1n) is 6.51. The highest BCUT2D eigenvalue weighted by atomic mass is 16.5. The quantitative estimate of drug-likeness (QED) is 0.841. The van der Waals surface area contributed by atoms with E-state index in [1.807, 2.05) is 0 Å². The first-order valence-corrected chi connectivity index (χ1v) is 6.51. The third kappa shape index (κ3) is 3.22. The largest absolute Gasteiger partial charge is 0.385 e. The van der Waals surface area contributed by atoms with Gasteiger partial charge < -0.3 is 10.1 Å². The summed E-state index contributed by atoms with van der Waals surface area (Å²) in [5, 5.41) is 3.48. The van der Waals surface area contributed by atoms with Crippen molar-refractivity contribution in [3.8, 4) is 0 Å². The number of fused-ring (bicyclic) bond motifs is 1. The van der Waals surface area contributed by atoms with Gasteiger partial charge in [0.1, 0.15) is 0 Å². The van der Waals surface area contributed by atoms with Gasteiger partial charge in [0.25, 0.3) is 0 Å². The van der Waals surface area contributed by atoms with Gasteiger partial charge in [0, 0.05) is 19.3 Å². The lowest BCUT2D eigenvalue weighted by molar-refractivity contribution is 0.0185. The standard InChI is InChI=1S/C15H23NO/c1-15(2,17-3)9-10-16-14-8-7-12-5-4-6-13(12)11-14/h7-8,11,16H,4-6,9-10H2,1-3H3. The maximum Gasteiger partial charge on any atom is 0.0639 e. The minimum atomic E-state index is -0.0380. The second-order valence-corrected chi connectivity index (χ2v) is 5.48. The summed E-state index contributed by atoms with van der Waals surface area (Å²) in [7, 11) is 1.77. The summed E-state index contributed by atoms with van der Waals surface area (Å²) < 4.78 is 5.41. The van der Waals surface area contributed by atoms with Gasteiger partial charge in [0.15, 0.2) is 0 Å². The monoisotopic (exact) mass is 233 g/mol. The van der Waals surface area contributed by atoms with Gasteiger partial charge in [-0.3, -0.25) is 0 Å². The van der Waals surface area contributed by atoms with E-state index in [2.05, 4.69) is 37.4 Å². The number of anilines is 1. The van der Waals surface area contributed by atoms with E-state index in [0.29, 0.717) is 0 Å². The summed E-state index contributed by atoms with van der Waals surface area (Å²) in [5.41, 5.74) is 4.27. The molecule has 94 valence electrons. The molecule has 0 amide bonds. The van der Waals surface area contributed by atoms with E-state index in [1.165, 1.54) is 36.1 Å². The van der Waals surface area contributed by atoms with Crippen LogP contribution in [0.1, 0.15) is 37.8 Å². The van der Waals surface area contributed by atoms with Crippen molar-refractivity contribution < 1.29 is 4.74 Å². The number of methoxy groups -OCH3 is 1. The van der Waals surface area contributed by atoms with Gasteiger partial charge in [-0.25, -0.2) is 0 Å². The van der Waals surface area contributed by atoms with E-state index in [0.717, 1.165) is 13.0 Å². The molecule has 0 aliphatic heterocycles. The number of aryl methyl sites for hydroxylation is 2. The van der Waals surface area contributed by atoms with Gasteiger partial charge in [-0.1, -0.05) is 6.07 Å². The van der Waals surface area contributed by atoms with Gasteiger partial charge in [-0.05, 0) is 62.8 Å². The van der Waals surface area contributed by atoms with Crippen molar-refractivity contribution in [2.45, 2.75) is 45.1 Å². The Morgan fingerprint density at radius 1 is 1.24 bits per heavy atom. The Hall–Kier alpha value is -1.02. The SMILES string of the molecule is COC(C)(C)CCNc1ccc2c(c1)CCC2. The fraction of sp³-hybridized carbons (Fsp3) is 0.600. The lowest BCUT2D eigenvalue weighted by Gasteiger charge is -2.23. The predicted octanol–water partition coefficient (Wildman–Crippen LogP) is 3.40. The molecule has 0 aromatic heterocycles. The van der Waals surface area contributed by atoms with Crippen LogP contribution in [0.5, 0.6) is 0 Å². The normalized spacial score (nSPS) is 14.8. The smallest absolute Gasteiger partial charge is 0.0639 e. The topological polar surface area (TPSA) is 21.3 Å². The Balaban J connectivity index is 1.88. The molecule has 2 nitrogen and oxygen atoms in total. The lowest BCUT2D eigenvalue weighted by atomic mass is 10.1. The van der Waals surface area contributed by atoms with Crippen molar-refractivity contribution >= 4 is 5.69 Å². The first kappa shape index (κ1) is 12.4. The van der Waals surface area contributed by atoms with Gasteiger partial charge in [-0.15, -0.1) is 0 Å². The fourth-order valence-corrected chi connectivity index (χ4v) is 2.29. The summed E-state index contributed by atoms with van der Waals surface area (Å²) in [4.78, 5) is 0. The van der Waals surface area contributed by atoms with Crippen LogP contribution < -0.4 is 5.32 Å². The van der Waals surface area contributed by atoms with Gasteiger partial charge >= 0.3 is 0 Å².